The van der Waals surface area contributed by atoms with Crippen LogP contribution in [0.5, 0.6) is 0 Å². The molecule has 3 saturated carbocycles. The summed E-state index contributed by atoms with van der Waals surface area (Å²) < 4.78 is 46.8. The number of aliphatic hydroxyl groups is 2. The number of benzene rings is 2. The highest BCUT2D eigenvalue weighted by atomic mass is 32.2. The molecule has 2 aromatic rings. The molecule has 7 rings (SSSR count). The zero-order valence-electron chi connectivity index (χ0n) is 38.8. The number of fused-ring (bicyclic) bond motifs is 7. The number of ketones is 2. The second kappa shape index (κ2) is 20.4. The van der Waals surface area contributed by atoms with Crippen LogP contribution in [0.25, 0.3) is 0 Å². The molecule has 0 spiro atoms. The van der Waals surface area contributed by atoms with E-state index in [1.807, 2.05) is 18.2 Å². The second-order valence-corrected chi connectivity index (χ2v) is 21.0. The lowest BCUT2D eigenvalue weighted by atomic mass is 9.44. The van der Waals surface area contributed by atoms with Crippen LogP contribution in [0.1, 0.15) is 77.2 Å². The van der Waals surface area contributed by atoms with Crippen molar-refractivity contribution in [3.8, 4) is 0 Å². The highest BCUT2D eigenvalue weighted by molar-refractivity contribution is 8.00. The molecule has 13 atom stereocenters. The number of ether oxygens (including phenoxy) is 2. The molecule has 1 unspecified atom stereocenters. The number of amides is 4. The van der Waals surface area contributed by atoms with Gasteiger partial charge in [-0.1, -0.05) is 43.3 Å². The van der Waals surface area contributed by atoms with E-state index in [0.29, 0.717) is 17.0 Å². The van der Waals surface area contributed by atoms with Crippen molar-refractivity contribution in [2.45, 2.75) is 124 Å². The van der Waals surface area contributed by atoms with Crippen LogP contribution in [0.4, 0.5) is 14.5 Å². The molecule has 0 aromatic heterocycles. The Morgan fingerprint density at radius 1 is 0.957 bits per heavy atom. The molecule has 4 aliphatic carbocycles. The molecule has 69 heavy (non-hydrogen) atoms. The van der Waals surface area contributed by atoms with Gasteiger partial charge in [-0.15, -0.1) is 11.8 Å². The van der Waals surface area contributed by atoms with Crippen LogP contribution < -0.4 is 21.3 Å². The van der Waals surface area contributed by atoms with Gasteiger partial charge in [0.2, 0.25) is 23.6 Å². The van der Waals surface area contributed by atoms with E-state index < -0.39 is 124 Å². The van der Waals surface area contributed by atoms with Crippen molar-refractivity contribution < 1.29 is 67.1 Å². The summed E-state index contributed by atoms with van der Waals surface area (Å²) in [4.78, 5) is 88.4. The third kappa shape index (κ3) is 9.64. The zero-order chi connectivity index (χ0) is 50.2. The Bertz CT molecular complexity index is 2440. The molecule has 16 nitrogen and oxygen atoms in total. The largest absolute Gasteiger partial charge is 0.481 e. The average molecular weight is 997 g/mol. The molecule has 7 N–H and O–H groups in total. The summed E-state index contributed by atoms with van der Waals surface area (Å²) in [6, 6.07) is 12.5. The summed E-state index contributed by atoms with van der Waals surface area (Å²) >= 11 is 2.57. The molecule has 0 radical (unpaired) electrons. The topological polar surface area (TPSA) is 247 Å². The fraction of sp³-hybridized carbons (Fsp3) is 0.531. The van der Waals surface area contributed by atoms with E-state index in [2.05, 4.69) is 21.3 Å². The Morgan fingerprint density at radius 3 is 2.35 bits per heavy atom. The van der Waals surface area contributed by atoms with Crippen LogP contribution in [0.2, 0.25) is 0 Å². The van der Waals surface area contributed by atoms with Crippen LogP contribution in [0.3, 0.4) is 0 Å². The molecule has 372 valence electrons. The van der Waals surface area contributed by atoms with Gasteiger partial charge in [-0.3, -0.25) is 33.6 Å². The zero-order valence-corrected chi connectivity index (χ0v) is 40.4. The van der Waals surface area contributed by atoms with E-state index in [-0.39, 0.29) is 44.2 Å². The summed E-state index contributed by atoms with van der Waals surface area (Å²) in [5.41, 5.74) is -4.98. The monoisotopic (exact) mass is 996 g/mol. The summed E-state index contributed by atoms with van der Waals surface area (Å²) in [5, 5.41) is 40.7. The summed E-state index contributed by atoms with van der Waals surface area (Å²) in [5.74, 6) is -5.59. The van der Waals surface area contributed by atoms with E-state index in [0.717, 1.165) is 28.3 Å². The number of alkyl halides is 2. The van der Waals surface area contributed by atoms with Crippen molar-refractivity contribution in [1.29, 1.82) is 0 Å². The number of Topliss-reactive ketones (excluding diaryl/α,β-unsaturated/α-hetero) is 1. The molecule has 4 fully saturated rings. The molecule has 1 heterocycles. The van der Waals surface area contributed by atoms with Crippen molar-refractivity contribution in [3.63, 3.8) is 0 Å². The Labute approximate surface area is 406 Å². The number of carboxylic acid groups (broad SMARTS) is 1. The van der Waals surface area contributed by atoms with Gasteiger partial charge in [0.15, 0.2) is 29.1 Å². The Morgan fingerprint density at radius 2 is 1.67 bits per heavy atom. The molecule has 2 aromatic carbocycles. The number of rotatable bonds is 18. The molecule has 1 aliphatic heterocycles. The minimum atomic E-state index is -2.35. The SMILES string of the molecule is CSC(CC(=O)O)C(=O)NCCC(=O)N[C@@H](C)C(=O)N[C@@H](C)C(=O)Nc1cccc(SCc2ccc([C@@H]3O[C@@H]4C[C@H]5[C@@H]6C[C@H](F)C7=CC(=O)C=C[C@]7(C)[C@@]6(F)[C@@H](O)C[C@]5(C)[C@]4(C(=O)CO)O3)cc2)c1. The highest BCUT2D eigenvalue weighted by Gasteiger charge is 2.80. The third-order valence-electron chi connectivity index (χ3n) is 14.8. The van der Waals surface area contributed by atoms with Gasteiger partial charge in [0, 0.05) is 51.6 Å². The summed E-state index contributed by atoms with van der Waals surface area (Å²) in [7, 11) is 0. The van der Waals surface area contributed by atoms with Crippen molar-refractivity contribution in [3.05, 3.63) is 83.5 Å². The van der Waals surface area contributed by atoms with Crippen molar-refractivity contribution >= 4 is 70.4 Å². The van der Waals surface area contributed by atoms with Crippen molar-refractivity contribution in [1.82, 2.24) is 16.0 Å². The number of thioether (sulfide) groups is 2. The number of allylic oxidation sites excluding steroid dienone is 4. The molecule has 1 saturated heterocycles. The van der Waals surface area contributed by atoms with E-state index in [9.17, 15) is 43.8 Å². The molecule has 4 amide bonds. The molecular weight excluding hydrogens is 939 g/mol. The van der Waals surface area contributed by atoms with Gasteiger partial charge in [-0.2, -0.15) is 11.8 Å². The first-order valence-electron chi connectivity index (χ1n) is 22.8. The van der Waals surface area contributed by atoms with E-state index >= 15 is 8.78 Å². The van der Waals surface area contributed by atoms with Gasteiger partial charge in [-0.05, 0) is 93.7 Å². The number of carboxylic acids is 1. The van der Waals surface area contributed by atoms with Crippen LogP contribution >= 0.6 is 23.5 Å². The van der Waals surface area contributed by atoms with Crippen molar-refractivity contribution in [2.75, 3.05) is 24.7 Å². The van der Waals surface area contributed by atoms with Gasteiger partial charge >= 0.3 is 5.97 Å². The van der Waals surface area contributed by atoms with Gasteiger partial charge in [0.1, 0.15) is 24.9 Å². The summed E-state index contributed by atoms with van der Waals surface area (Å²) in [6.45, 7) is 5.24. The van der Waals surface area contributed by atoms with Crippen LogP contribution in [0.15, 0.2) is 77.2 Å². The number of nitrogens with one attached hydrogen (secondary N) is 4. The highest BCUT2D eigenvalue weighted by Crippen LogP contribution is 2.72. The fourth-order valence-corrected chi connectivity index (χ4v) is 12.7. The maximum Gasteiger partial charge on any atom is 0.305 e. The normalized spacial score (nSPS) is 32.2. The number of carbonyl (C=O) groups is 7. The number of aliphatic carboxylic acids is 1. The smallest absolute Gasteiger partial charge is 0.305 e. The van der Waals surface area contributed by atoms with Crippen molar-refractivity contribution in [2.24, 2.45) is 22.7 Å². The quantitative estimate of drug-likeness (QED) is 0.103. The Balaban J connectivity index is 0.917. The molecule has 5 aliphatic rings. The van der Waals surface area contributed by atoms with Crippen LogP contribution in [0, 0.1) is 22.7 Å². The average Bonchev–Trinajstić information content (AvgIpc) is 3.81. The summed E-state index contributed by atoms with van der Waals surface area (Å²) in [6.07, 6.45) is -0.895. The maximum absolute atomic E-state index is 17.7. The number of anilines is 1. The van der Waals surface area contributed by atoms with E-state index in [1.165, 1.54) is 44.7 Å². The first-order chi connectivity index (χ1) is 32.6. The van der Waals surface area contributed by atoms with E-state index in [4.69, 9.17) is 14.6 Å². The predicted molar refractivity (Wildman–Crippen MR) is 251 cm³/mol. The third-order valence-corrected chi connectivity index (χ3v) is 16.8. The number of halogens is 2. The molecule has 0 bridgehead atoms. The standard InChI is InChI=1S/C49H58F2N4O12S2/c1-25(53-40(60)14-16-52-44(65)36(68-5)21-41(61)62)42(63)54-26(2)43(64)55-29-7-6-8-31(17-29)69-24-27-9-11-28(12-10-27)45-66-39-20-32-33-19-35(50)34-18-30(57)13-15-46(34,3)48(33,51)37(58)22-47(32,4)49(39,67-45)38(59)23-56/h6-13,15,17-18,25-26,32-33,35-37,39,45,56,58H,14,16,19-24H2,1-5H3,(H,52,65)(H,53,60)(H,54,63)(H,55,64)(H,61,62)/t25-,26-,32-,33-,35-,36?,37-,39+,45+,46-,47-,48-,49+/m0/s1. The minimum Gasteiger partial charge on any atom is -0.481 e. The first-order valence-corrected chi connectivity index (χ1v) is 25.1. The first kappa shape index (κ1) is 51.8. The van der Waals surface area contributed by atoms with Gasteiger partial charge in [0.25, 0.3) is 0 Å². The lowest BCUT2D eigenvalue weighted by molar-refractivity contribution is -0.235. The maximum atomic E-state index is 17.7. The predicted octanol–water partition coefficient (Wildman–Crippen LogP) is 4.28. The number of hydrogen-bond acceptors (Lipinski definition) is 13. The minimum absolute atomic E-state index is 0.00201. The van der Waals surface area contributed by atoms with E-state index in [1.54, 1.807) is 43.5 Å². The fourth-order valence-electron chi connectivity index (χ4n) is 11.2. The lowest BCUT2D eigenvalue weighted by Gasteiger charge is -2.63. The Hall–Kier alpha value is -4.99. The van der Waals surface area contributed by atoms with Crippen LogP contribution in [-0.2, 0) is 48.8 Å². The molecule has 20 heteroatoms. The van der Waals surface area contributed by atoms with Gasteiger partial charge in [0.05, 0.1) is 23.9 Å². The van der Waals surface area contributed by atoms with Gasteiger partial charge < -0.3 is 46.1 Å². The van der Waals surface area contributed by atoms with Gasteiger partial charge in [-0.25, -0.2) is 8.78 Å². The number of carbonyl (C=O) groups excluding carboxylic acids is 6. The van der Waals surface area contributed by atoms with Crippen LogP contribution in [-0.4, -0.2) is 123 Å². The second-order valence-electron chi connectivity index (χ2n) is 18.9. The Kier molecular flexibility index (Phi) is 15.3. The number of hydrogen-bond donors (Lipinski definition) is 7. The number of aliphatic hydroxyl groups excluding tert-OH is 2. The molecular formula is C49H58F2N4O12S2. The lowest BCUT2D eigenvalue weighted by Crippen LogP contribution is -2.70.